The van der Waals surface area contributed by atoms with Crippen LogP contribution in [-0.4, -0.2) is 64.2 Å². The summed E-state index contributed by atoms with van der Waals surface area (Å²) in [5, 5.41) is 76.1. The zero-order valence-corrected chi connectivity index (χ0v) is 24.4. The molecule has 0 radical (unpaired) electrons. The van der Waals surface area contributed by atoms with Crippen LogP contribution in [0.1, 0.15) is 157 Å². The van der Waals surface area contributed by atoms with Gasteiger partial charge in [-0.25, -0.2) is 0 Å². The first-order chi connectivity index (χ1) is 16.9. The minimum absolute atomic E-state index is 0.0383. The van der Waals surface area contributed by atoms with E-state index in [1.165, 1.54) is 0 Å². The summed E-state index contributed by atoms with van der Waals surface area (Å²) < 4.78 is 0. The standard InChI is InChI=1S/C30H60O6/c1-7-13-19-25(31)26(32,20-14-8-2)28(34,22-16-10-4)30(36,24-18-12-6)29(35,23-17-11-5)27(25,33)21-15-9-3/h31-36H,7-24H2,1-6H3. The Morgan fingerprint density at radius 1 is 0.278 bits per heavy atom. The van der Waals surface area contributed by atoms with Gasteiger partial charge in [0.25, 0.3) is 0 Å². The largest absolute Gasteiger partial charge is 0.384 e. The molecule has 1 aliphatic carbocycles. The van der Waals surface area contributed by atoms with Gasteiger partial charge in [-0.05, 0) is 38.5 Å². The van der Waals surface area contributed by atoms with Gasteiger partial charge in [-0.1, -0.05) is 119 Å². The Balaban J connectivity index is 4.21. The van der Waals surface area contributed by atoms with E-state index in [-0.39, 0.29) is 38.5 Å². The lowest BCUT2D eigenvalue weighted by Gasteiger charge is -2.74. The molecule has 1 aliphatic rings. The molecule has 1 fully saturated rings. The zero-order valence-electron chi connectivity index (χ0n) is 24.4. The highest BCUT2D eigenvalue weighted by atomic mass is 16.5. The molecule has 0 spiro atoms. The molecule has 1 saturated carbocycles. The van der Waals surface area contributed by atoms with Crippen molar-refractivity contribution in [1.82, 2.24) is 0 Å². The minimum atomic E-state index is -2.19. The van der Waals surface area contributed by atoms with Crippen molar-refractivity contribution < 1.29 is 30.6 Å². The molecule has 0 atom stereocenters. The molecule has 0 saturated heterocycles. The number of unbranched alkanes of at least 4 members (excludes halogenated alkanes) is 6. The lowest BCUT2D eigenvalue weighted by atomic mass is 9.40. The molecule has 36 heavy (non-hydrogen) atoms. The van der Waals surface area contributed by atoms with Gasteiger partial charge in [0.1, 0.15) is 33.6 Å². The lowest BCUT2D eigenvalue weighted by molar-refractivity contribution is -0.445. The molecule has 0 bridgehead atoms. The third-order valence-electron chi connectivity index (χ3n) is 9.46. The highest BCUT2D eigenvalue weighted by Crippen LogP contribution is 2.65. The van der Waals surface area contributed by atoms with Gasteiger partial charge in [0.05, 0.1) is 0 Å². The molecule has 0 heterocycles. The molecule has 6 heteroatoms. The highest BCUT2D eigenvalue weighted by Gasteiger charge is 2.86. The molecule has 6 N–H and O–H groups in total. The Hall–Kier alpha value is -0.240. The van der Waals surface area contributed by atoms with Crippen LogP contribution in [0, 0.1) is 0 Å². The zero-order chi connectivity index (χ0) is 27.7. The molecule has 0 aromatic carbocycles. The van der Waals surface area contributed by atoms with Gasteiger partial charge in [0.2, 0.25) is 0 Å². The number of aliphatic hydroxyl groups is 6. The number of hydrogen-bond donors (Lipinski definition) is 6. The van der Waals surface area contributed by atoms with Gasteiger partial charge in [-0.3, -0.25) is 0 Å². The summed E-state index contributed by atoms with van der Waals surface area (Å²) in [4.78, 5) is 0. The summed E-state index contributed by atoms with van der Waals surface area (Å²) in [6, 6.07) is 0. The SMILES string of the molecule is CCCCC1(O)C(O)(CCCC)C(O)(CCCC)C(O)(CCCC)C(O)(CCCC)C1(O)CCCC. The fourth-order valence-corrected chi connectivity index (χ4v) is 7.13. The van der Waals surface area contributed by atoms with Crippen molar-refractivity contribution in [2.75, 3.05) is 0 Å². The van der Waals surface area contributed by atoms with Crippen molar-refractivity contribution in [2.45, 2.75) is 191 Å². The summed E-state index contributed by atoms with van der Waals surface area (Å²) in [6.45, 7) is 11.9. The summed E-state index contributed by atoms with van der Waals surface area (Å²) in [5.74, 6) is 0. The van der Waals surface area contributed by atoms with E-state index in [9.17, 15) is 30.6 Å². The van der Waals surface area contributed by atoms with E-state index in [0.717, 1.165) is 38.5 Å². The van der Waals surface area contributed by atoms with E-state index < -0.39 is 33.6 Å². The molecular formula is C30H60O6. The third kappa shape index (κ3) is 5.16. The van der Waals surface area contributed by atoms with E-state index >= 15 is 0 Å². The van der Waals surface area contributed by atoms with Crippen LogP contribution in [0.25, 0.3) is 0 Å². The molecule has 0 aromatic heterocycles. The maximum Gasteiger partial charge on any atom is 0.128 e. The average Bonchev–Trinajstić information content (AvgIpc) is 2.87. The smallest absolute Gasteiger partial charge is 0.128 e. The van der Waals surface area contributed by atoms with Crippen LogP contribution in [0.15, 0.2) is 0 Å². The predicted molar refractivity (Wildman–Crippen MR) is 147 cm³/mol. The minimum Gasteiger partial charge on any atom is -0.384 e. The second-order valence-corrected chi connectivity index (χ2v) is 11.8. The normalized spacial score (nSPS) is 39.0. The first-order valence-electron chi connectivity index (χ1n) is 15.2. The predicted octanol–water partition coefficient (Wildman–Crippen LogP) is 5.53. The quantitative estimate of drug-likeness (QED) is 0.142. The first-order valence-corrected chi connectivity index (χ1v) is 15.2. The first kappa shape index (κ1) is 33.8. The van der Waals surface area contributed by atoms with Crippen LogP contribution in [0.2, 0.25) is 0 Å². The monoisotopic (exact) mass is 516 g/mol. The molecule has 0 aromatic rings. The Labute approximate surface area is 221 Å². The topological polar surface area (TPSA) is 121 Å². The fourth-order valence-electron chi connectivity index (χ4n) is 7.13. The van der Waals surface area contributed by atoms with Crippen molar-refractivity contribution in [3.8, 4) is 0 Å². The fraction of sp³-hybridized carbons (Fsp3) is 1.00. The Morgan fingerprint density at radius 2 is 0.389 bits per heavy atom. The lowest BCUT2D eigenvalue weighted by Crippen LogP contribution is -2.95. The van der Waals surface area contributed by atoms with Crippen molar-refractivity contribution in [3.05, 3.63) is 0 Å². The maximum absolute atomic E-state index is 12.7. The summed E-state index contributed by atoms with van der Waals surface area (Å²) >= 11 is 0. The second-order valence-electron chi connectivity index (χ2n) is 11.8. The molecule has 0 amide bonds. The Kier molecular flexibility index (Phi) is 12.9. The van der Waals surface area contributed by atoms with E-state index in [1.807, 2.05) is 41.5 Å². The average molecular weight is 517 g/mol. The van der Waals surface area contributed by atoms with Gasteiger partial charge in [0, 0.05) is 0 Å². The van der Waals surface area contributed by atoms with Gasteiger partial charge < -0.3 is 30.6 Å². The van der Waals surface area contributed by atoms with Gasteiger partial charge in [-0.15, -0.1) is 0 Å². The maximum atomic E-state index is 12.7. The molecule has 6 nitrogen and oxygen atoms in total. The van der Waals surface area contributed by atoms with E-state index in [0.29, 0.717) is 38.5 Å². The third-order valence-corrected chi connectivity index (χ3v) is 9.46. The van der Waals surface area contributed by atoms with Crippen molar-refractivity contribution in [1.29, 1.82) is 0 Å². The van der Waals surface area contributed by atoms with Gasteiger partial charge in [0.15, 0.2) is 0 Å². The molecule has 1 rings (SSSR count). The van der Waals surface area contributed by atoms with Crippen molar-refractivity contribution in [3.63, 3.8) is 0 Å². The molecular weight excluding hydrogens is 456 g/mol. The van der Waals surface area contributed by atoms with E-state index in [2.05, 4.69) is 0 Å². The van der Waals surface area contributed by atoms with Crippen LogP contribution in [-0.2, 0) is 0 Å². The van der Waals surface area contributed by atoms with Crippen LogP contribution in [0.4, 0.5) is 0 Å². The second kappa shape index (κ2) is 13.7. The molecule has 0 unspecified atom stereocenters. The Bertz CT molecular complexity index is 481. The summed E-state index contributed by atoms with van der Waals surface area (Å²) in [6.07, 6.45) is 7.63. The molecule has 216 valence electrons. The summed E-state index contributed by atoms with van der Waals surface area (Å²) in [7, 11) is 0. The van der Waals surface area contributed by atoms with E-state index in [1.54, 1.807) is 0 Å². The van der Waals surface area contributed by atoms with Gasteiger partial charge in [-0.2, -0.15) is 0 Å². The summed E-state index contributed by atoms with van der Waals surface area (Å²) in [5.41, 5.74) is -13.1. The van der Waals surface area contributed by atoms with Crippen molar-refractivity contribution in [2.24, 2.45) is 0 Å². The van der Waals surface area contributed by atoms with Crippen LogP contribution in [0.3, 0.4) is 0 Å². The van der Waals surface area contributed by atoms with Crippen LogP contribution < -0.4 is 0 Å². The number of rotatable bonds is 18. The number of hydrogen-bond acceptors (Lipinski definition) is 6. The van der Waals surface area contributed by atoms with Crippen LogP contribution in [0.5, 0.6) is 0 Å². The van der Waals surface area contributed by atoms with Gasteiger partial charge >= 0.3 is 0 Å². The molecule has 0 aliphatic heterocycles. The highest BCUT2D eigenvalue weighted by molar-refractivity contribution is 5.37. The van der Waals surface area contributed by atoms with E-state index in [4.69, 9.17) is 0 Å². The van der Waals surface area contributed by atoms with Crippen LogP contribution >= 0.6 is 0 Å². The van der Waals surface area contributed by atoms with Crippen molar-refractivity contribution >= 4 is 0 Å². The Morgan fingerprint density at radius 3 is 0.472 bits per heavy atom.